The van der Waals surface area contributed by atoms with Crippen molar-refractivity contribution >= 4 is 15.8 Å². The zero-order valence-corrected chi connectivity index (χ0v) is 16.0. The van der Waals surface area contributed by atoms with E-state index >= 15 is 0 Å². The molecule has 7 nitrogen and oxygen atoms in total. The SMILES string of the molecule is CCS(=O)(=O)N1CCC(Nc2cc(C(F)(F)F)nc(-c3ccncc3)n2)CC1. The molecule has 1 fully saturated rings. The molecule has 0 aliphatic carbocycles. The van der Waals surface area contributed by atoms with Gasteiger partial charge in [-0.25, -0.2) is 22.7 Å². The second-order valence-corrected chi connectivity index (χ2v) is 8.67. The smallest absolute Gasteiger partial charge is 0.367 e. The van der Waals surface area contributed by atoms with E-state index in [2.05, 4.69) is 20.3 Å². The van der Waals surface area contributed by atoms with E-state index in [0.29, 0.717) is 31.5 Å². The molecule has 1 saturated heterocycles. The molecule has 0 aromatic carbocycles. The zero-order chi connectivity index (χ0) is 20.4. The standard InChI is InChI=1S/C17H20F3N5O2S/c1-2-28(26,27)25-9-5-13(6-10-25)22-15-11-14(17(18,19)20)23-16(24-15)12-3-7-21-8-4-12/h3-4,7-8,11,13H,2,5-6,9-10H2,1H3,(H,22,23,24). The Morgan fingerprint density at radius 2 is 1.82 bits per heavy atom. The van der Waals surface area contributed by atoms with Gasteiger partial charge in [0, 0.05) is 43.2 Å². The third-order valence-electron chi connectivity index (χ3n) is 4.52. The molecule has 11 heteroatoms. The molecule has 1 N–H and O–H groups in total. The molecule has 0 unspecified atom stereocenters. The predicted octanol–water partition coefficient (Wildman–Crippen LogP) is 2.78. The number of anilines is 1. The van der Waals surface area contributed by atoms with Crippen LogP contribution < -0.4 is 5.32 Å². The maximum atomic E-state index is 13.3. The molecule has 0 amide bonds. The van der Waals surface area contributed by atoms with Crippen LogP contribution in [-0.2, 0) is 16.2 Å². The highest BCUT2D eigenvalue weighted by atomic mass is 32.2. The van der Waals surface area contributed by atoms with Crippen LogP contribution in [-0.4, -0.2) is 52.6 Å². The summed E-state index contributed by atoms with van der Waals surface area (Å²) in [6.07, 6.45) is -0.740. The van der Waals surface area contributed by atoms with Gasteiger partial charge in [0.25, 0.3) is 0 Å². The van der Waals surface area contributed by atoms with Gasteiger partial charge in [-0.3, -0.25) is 4.98 Å². The minimum atomic E-state index is -4.61. The van der Waals surface area contributed by atoms with Gasteiger partial charge in [-0.15, -0.1) is 0 Å². The largest absolute Gasteiger partial charge is 0.433 e. The summed E-state index contributed by atoms with van der Waals surface area (Å²) < 4.78 is 65.1. The molecule has 28 heavy (non-hydrogen) atoms. The molecule has 0 saturated carbocycles. The summed E-state index contributed by atoms with van der Waals surface area (Å²) in [4.78, 5) is 11.7. The first-order chi connectivity index (χ1) is 13.2. The summed E-state index contributed by atoms with van der Waals surface area (Å²) in [7, 11) is -3.26. The van der Waals surface area contributed by atoms with Crippen LogP contribution >= 0.6 is 0 Å². The van der Waals surface area contributed by atoms with Gasteiger partial charge in [-0.1, -0.05) is 0 Å². The lowest BCUT2D eigenvalue weighted by atomic mass is 10.1. The molecule has 0 bridgehead atoms. The molecule has 2 aromatic heterocycles. The number of nitrogens with one attached hydrogen (secondary N) is 1. The third kappa shape index (κ3) is 4.76. The van der Waals surface area contributed by atoms with Crippen molar-refractivity contribution in [2.24, 2.45) is 0 Å². The van der Waals surface area contributed by atoms with E-state index in [1.807, 2.05) is 0 Å². The number of halogens is 3. The lowest BCUT2D eigenvalue weighted by Crippen LogP contribution is -2.43. The highest BCUT2D eigenvalue weighted by molar-refractivity contribution is 7.89. The Balaban J connectivity index is 1.81. The number of nitrogens with zero attached hydrogens (tertiary/aromatic N) is 4. The Bertz CT molecular complexity index is 914. The lowest BCUT2D eigenvalue weighted by Gasteiger charge is -2.31. The summed E-state index contributed by atoms with van der Waals surface area (Å²) >= 11 is 0. The summed E-state index contributed by atoms with van der Waals surface area (Å²) in [5.41, 5.74) is -0.615. The van der Waals surface area contributed by atoms with E-state index < -0.39 is 21.9 Å². The first-order valence-corrected chi connectivity index (χ1v) is 10.4. The highest BCUT2D eigenvalue weighted by Crippen LogP contribution is 2.31. The van der Waals surface area contributed by atoms with Crippen molar-refractivity contribution in [2.75, 3.05) is 24.2 Å². The zero-order valence-electron chi connectivity index (χ0n) is 15.1. The Hall–Kier alpha value is -2.27. The van der Waals surface area contributed by atoms with Crippen molar-refractivity contribution < 1.29 is 21.6 Å². The van der Waals surface area contributed by atoms with Crippen molar-refractivity contribution in [3.05, 3.63) is 36.3 Å². The van der Waals surface area contributed by atoms with Gasteiger partial charge in [-0.05, 0) is 31.9 Å². The first kappa shape index (κ1) is 20.5. The second kappa shape index (κ2) is 8.00. The maximum Gasteiger partial charge on any atom is 0.433 e. The van der Waals surface area contributed by atoms with Gasteiger partial charge in [0.2, 0.25) is 10.0 Å². The van der Waals surface area contributed by atoms with E-state index in [1.165, 1.54) is 28.8 Å². The molecule has 2 aromatic rings. The number of pyridine rings is 1. The quantitative estimate of drug-likeness (QED) is 0.808. The van der Waals surface area contributed by atoms with Gasteiger partial charge in [0.05, 0.1) is 5.75 Å². The van der Waals surface area contributed by atoms with Crippen LogP contribution in [0.3, 0.4) is 0 Å². The van der Waals surface area contributed by atoms with Crippen molar-refractivity contribution in [1.29, 1.82) is 0 Å². The normalized spacial score (nSPS) is 16.9. The minimum Gasteiger partial charge on any atom is -0.367 e. The van der Waals surface area contributed by atoms with Crippen LogP contribution in [0.2, 0.25) is 0 Å². The molecule has 1 aliphatic rings. The Morgan fingerprint density at radius 3 is 2.39 bits per heavy atom. The fourth-order valence-electron chi connectivity index (χ4n) is 2.97. The molecule has 152 valence electrons. The van der Waals surface area contributed by atoms with Crippen molar-refractivity contribution in [3.8, 4) is 11.4 Å². The second-order valence-electron chi connectivity index (χ2n) is 6.41. The number of sulfonamides is 1. The Labute approximate surface area is 161 Å². The van der Waals surface area contributed by atoms with Crippen molar-refractivity contribution in [1.82, 2.24) is 19.3 Å². The Kier molecular flexibility index (Phi) is 5.84. The van der Waals surface area contributed by atoms with Crippen LogP contribution in [0.15, 0.2) is 30.6 Å². The third-order valence-corrected chi connectivity index (χ3v) is 6.40. The topological polar surface area (TPSA) is 88.1 Å². The van der Waals surface area contributed by atoms with Crippen LogP contribution in [0.5, 0.6) is 0 Å². The van der Waals surface area contributed by atoms with E-state index in [1.54, 1.807) is 6.92 Å². The molecular weight excluding hydrogens is 395 g/mol. The van der Waals surface area contributed by atoms with Crippen LogP contribution in [0.25, 0.3) is 11.4 Å². The summed E-state index contributed by atoms with van der Waals surface area (Å²) in [5.74, 6) is 0.0398. The Morgan fingerprint density at radius 1 is 1.18 bits per heavy atom. The summed E-state index contributed by atoms with van der Waals surface area (Å²) in [6.45, 7) is 2.23. The predicted molar refractivity (Wildman–Crippen MR) is 97.9 cm³/mol. The number of hydrogen-bond donors (Lipinski definition) is 1. The van der Waals surface area contributed by atoms with Gasteiger partial charge >= 0.3 is 6.18 Å². The van der Waals surface area contributed by atoms with Crippen LogP contribution in [0, 0.1) is 0 Å². The van der Waals surface area contributed by atoms with Crippen LogP contribution in [0.1, 0.15) is 25.5 Å². The monoisotopic (exact) mass is 415 g/mol. The van der Waals surface area contributed by atoms with E-state index in [9.17, 15) is 21.6 Å². The number of piperidine rings is 1. The first-order valence-electron chi connectivity index (χ1n) is 8.80. The van der Waals surface area contributed by atoms with Gasteiger partial charge in [0.15, 0.2) is 11.5 Å². The van der Waals surface area contributed by atoms with E-state index in [-0.39, 0.29) is 23.4 Å². The lowest BCUT2D eigenvalue weighted by molar-refractivity contribution is -0.141. The summed E-state index contributed by atoms with van der Waals surface area (Å²) in [5, 5.41) is 3.01. The molecule has 0 spiro atoms. The fourth-order valence-corrected chi connectivity index (χ4v) is 4.10. The molecule has 0 atom stereocenters. The van der Waals surface area contributed by atoms with Gasteiger partial charge in [-0.2, -0.15) is 13.2 Å². The number of rotatable bonds is 5. The average Bonchev–Trinajstić information content (AvgIpc) is 2.68. The fraction of sp³-hybridized carbons (Fsp3) is 0.471. The molecule has 0 radical (unpaired) electrons. The van der Waals surface area contributed by atoms with E-state index in [4.69, 9.17) is 0 Å². The average molecular weight is 415 g/mol. The van der Waals surface area contributed by atoms with E-state index in [0.717, 1.165) is 6.07 Å². The number of aromatic nitrogens is 3. The minimum absolute atomic E-state index is 0.0290. The highest BCUT2D eigenvalue weighted by Gasteiger charge is 2.34. The van der Waals surface area contributed by atoms with Gasteiger partial charge in [0.1, 0.15) is 5.82 Å². The van der Waals surface area contributed by atoms with Crippen molar-refractivity contribution in [2.45, 2.75) is 32.0 Å². The molecule has 3 heterocycles. The maximum absolute atomic E-state index is 13.3. The molecule has 3 rings (SSSR count). The molecule has 1 aliphatic heterocycles. The van der Waals surface area contributed by atoms with Crippen LogP contribution in [0.4, 0.5) is 19.0 Å². The summed E-state index contributed by atoms with van der Waals surface area (Å²) in [6, 6.07) is 3.77. The molecular formula is C17H20F3N5O2S. The van der Waals surface area contributed by atoms with Crippen molar-refractivity contribution in [3.63, 3.8) is 0 Å². The number of alkyl halides is 3. The van der Waals surface area contributed by atoms with Gasteiger partial charge < -0.3 is 5.32 Å². The number of hydrogen-bond acceptors (Lipinski definition) is 6.